The lowest BCUT2D eigenvalue weighted by molar-refractivity contribution is 0.360. The van der Waals surface area contributed by atoms with Crippen LogP contribution in [0.25, 0.3) is 0 Å². The Labute approximate surface area is 72.9 Å². The van der Waals surface area contributed by atoms with E-state index >= 15 is 0 Å². The standard InChI is InChI=1S/C7H9NO3S/c1-10-6-4-2-3-5-7(6)12(9)11-8/h2-5H,8H2,1H3. The van der Waals surface area contributed by atoms with Crippen LogP contribution in [0.5, 0.6) is 5.75 Å². The summed E-state index contributed by atoms with van der Waals surface area (Å²) in [4.78, 5) is 0.433. The molecule has 0 radical (unpaired) electrons. The molecule has 0 heterocycles. The largest absolute Gasteiger partial charge is 0.495 e. The molecular weight excluding hydrogens is 178 g/mol. The normalized spacial score (nSPS) is 12.5. The van der Waals surface area contributed by atoms with Crippen LogP contribution >= 0.6 is 0 Å². The Bertz CT molecular complexity index is 290. The summed E-state index contributed by atoms with van der Waals surface area (Å²) in [5.41, 5.74) is 0. The molecule has 0 aromatic heterocycles. The van der Waals surface area contributed by atoms with Crippen molar-refractivity contribution in [1.82, 2.24) is 0 Å². The Morgan fingerprint density at radius 1 is 1.42 bits per heavy atom. The van der Waals surface area contributed by atoms with E-state index in [2.05, 4.69) is 4.28 Å². The van der Waals surface area contributed by atoms with Gasteiger partial charge in [0.2, 0.25) is 11.1 Å². The van der Waals surface area contributed by atoms with Gasteiger partial charge in [-0.1, -0.05) is 12.1 Å². The molecule has 1 rings (SSSR count). The predicted octanol–water partition coefficient (Wildman–Crippen LogP) is 0.608. The Morgan fingerprint density at radius 2 is 2.08 bits per heavy atom. The maximum Gasteiger partial charge on any atom is 0.210 e. The molecule has 0 bridgehead atoms. The van der Waals surface area contributed by atoms with Gasteiger partial charge in [-0.05, 0) is 12.1 Å². The first-order chi connectivity index (χ1) is 5.79. The third-order valence-corrected chi connectivity index (χ3v) is 2.21. The molecule has 1 unspecified atom stereocenters. The number of hydrogen-bond acceptors (Lipinski definition) is 4. The van der Waals surface area contributed by atoms with Crippen LogP contribution in [0.1, 0.15) is 0 Å². The molecule has 0 aliphatic rings. The summed E-state index contributed by atoms with van der Waals surface area (Å²) in [7, 11) is 1.49. The third kappa shape index (κ3) is 1.82. The molecule has 5 heteroatoms. The van der Waals surface area contributed by atoms with Crippen molar-refractivity contribution < 1.29 is 13.2 Å². The maximum atomic E-state index is 11.1. The highest BCUT2D eigenvalue weighted by atomic mass is 32.2. The van der Waals surface area contributed by atoms with E-state index < -0.39 is 11.1 Å². The second-order valence-electron chi connectivity index (χ2n) is 1.98. The zero-order chi connectivity index (χ0) is 8.97. The van der Waals surface area contributed by atoms with Gasteiger partial charge in [0.1, 0.15) is 10.6 Å². The molecule has 0 spiro atoms. The van der Waals surface area contributed by atoms with Crippen molar-refractivity contribution in [2.45, 2.75) is 4.90 Å². The van der Waals surface area contributed by atoms with Gasteiger partial charge in [0.25, 0.3) is 0 Å². The van der Waals surface area contributed by atoms with Crippen molar-refractivity contribution in [2.75, 3.05) is 7.11 Å². The van der Waals surface area contributed by atoms with Crippen LogP contribution < -0.4 is 10.6 Å². The Morgan fingerprint density at radius 3 is 2.67 bits per heavy atom. The SMILES string of the molecule is COc1ccccc1S(=O)ON. The lowest BCUT2D eigenvalue weighted by Crippen LogP contribution is -2.04. The van der Waals surface area contributed by atoms with E-state index in [-0.39, 0.29) is 0 Å². The molecule has 0 fully saturated rings. The van der Waals surface area contributed by atoms with E-state index in [4.69, 9.17) is 10.6 Å². The van der Waals surface area contributed by atoms with Gasteiger partial charge in [0.05, 0.1) is 7.11 Å². The number of ether oxygens (including phenoxy) is 1. The molecule has 66 valence electrons. The highest BCUT2D eigenvalue weighted by molar-refractivity contribution is 7.80. The second kappa shape index (κ2) is 4.20. The summed E-state index contributed by atoms with van der Waals surface area (Å²) in [6.07, 6.45) is 0. The average Bonchev–Trinajstić information content (AvgIpc) is 2.16. The van der Waals surface area contributed by atoms with Gasteiger partial charge in [-0.15, -0.1) is 0 Å². The van der Waals surface area contributed by atoms with Crippen molar-refractivity contribution in [2.24, 2.45) is 5.90 Å². The third-order valence-electron chi connectivity index (χ3n) is 1.34. The zero-order valence-corrected chi connectivity index (χ0v) is 7.34. The topological polar surface area (TPSA) is 61.5 Å². The lowest BCUT2D eigenvalue weighted by Gasteiger charge is -2.04. The summed E-state index contributed by atoms with van der Waals surface area (Å²) in [5, 5.41) is 0. The van der Waals surface area contributed by atoms with Crippen molar-refractivity contribution in [3.63, 3.8) is 0 Å². The number of benzene rings is 1. The average molecular weight is 187 g/mol. The Kier molecular flexibility index (Phi) is 3.21. The van der Waals surface area contributed by atoms with Crippen molar-refractivity contribution in [3.05, 3.63) is 24.3 Å². The van der Waals surface area contributed by atoms with Crippen LogP contribution in [-0.4, -0.2) is 11.3 Å². The predicted molar refractivity (Wildman–Crippen MR) is 44.7 cm³/mol. The fourth-order valence-electron chi connectivity index (χ4n) is 0.808. The minimum Gasteiger partial charge on any atom is -0.495 e. The van der Waals surface area contributed by atoms with E-state index in [0.29, 0.717) is 10.6 Å². The summed E-state index contributed by atoms with van der Waals surface area (Å²) >= 11 is -1.65. The number of nitrogens with two attached hydrogens (primary N) is 1. The van der Waals surface area contributed by atoms with E-state index in [1.807, 2.05) is 0 Å². The first kappa shape index (κ1) is 9.18. The van der Waals surface area contributed by atoms with Gasteiger partial charge in [0.15, 0.2) is 0 Å². The maximum absolute atomic E-state index is 11.1. The van der Waals surface area contributed by atoms with Crippen molar-refractivity contribution >= 4 is 11.1 Å². The quantitative estimate of drug-likeness (QED) is 0.704. The smallest absolute Gasteiger partial charge is 0.210 e. The molecule has 1 aromatic rings. The molecule has 0 amide bonds. The van der Waals surface area contributed by atoms with Crippen LogP contribution in [0.4, 0.5) is 0 Å². The zero-order valence-electron chi connectivity index (χ0n) is 6.52. The lowest BCUT2D eigenvalue weighted by atomic mass is 10.3. The molecule has 0 saturated carbocycles. The molecule has 0 saturated heterocycles. The molecular formula is C7H9NO3S. The fraction of sp³-hybridized carbons (Fsp3) is 0.143. The van der Waals surface area contributed by atoms with Gasteiger partial charge in [-0.2, -0.15) is 10.2 Å². The summed E-state index contributed by atoms with van der Waals surface area (Å²) in [6, 6.07) is 6.82. The Hall–Kier alpha value is -0.910. The second-order valence-corrected chi connectivity index (χ2v) is 3.08. The fourth-order valence-corrected chi connectivity index (χ4v) is 1.42. The van der Waals surface area contributed by atoms with Crippen LogP contribution in [0, 0.1) is 0 Å². The van der Waals surface area contributed by atoms with Crippen LogP contribution in [0.2, 0.25) is 0 Å². The summed E-state index contributed by atoms with van der Waals surface area (Å²) < 4.78 is 20.2. The van der Waals surface area contributed by atoms with Crippen molar-refractivity contribution in [3.8, 4) is 5.75 Å². The van der Waals surface area contributed by atoms with Gasteiger partial charge in [0, 0.05) is 0 Å². The first-order valence-corrected chi connectivity index (χ1v) is 4.29. The molecule has 1 atom stereocenters. The number of rotatable bonds is 3. The minimum absolute atomic E-state index is 0.433. The van der Waals surface area contributed by atoms with Gasteiger partial charge < -0.3 is 4.74 Å². The first-order valence-electron chi connectivity index (χ1n) is 3.21. The van der Waals surface area contributed by atoms with E-state index in [0.717, 1.165) is 0 Å². The van der Waals surface area contributed by atoms with Crippen LogP contribution in [0.15, 0.2) is 29.2 Å². The molecule has 0 aliphatic heterocycles. The molecule has 0 aliphatic carbocycles. The highest BCUT2D eigenvalue weighted by Gasteiger charge is 2.08. The number of para-hydroxylation sites is 1. The summed E-state index contributed by atoms with van der Waals surface area (Å²) in [6.45, 7) is 0. The van der Waals surface area contributed by atoms with Gasteiger partial charge in [-0.3, -0.25) is 0 Å². The monoisotopic (exact) mass is 187 g/mol. The van der Waals surface area contributed by atoms with Crippen molar-refractivity contribution in [1.29, 1.82) is 0 Å². The molecule has 1 aromatic carbocycles. The van der Waals surface area contributed by atoms with E-state index in [1.54, 1.807) is 24.3 Å². The van der Waals surface area contributed by atoms with E-state index in [9.17, 15) is 4.21 Å². The number of hydrogen-bond donors (Lipinski definition) is 1. The highest BCUT2D eigenvalue weighted by Crippen LogP contribution is 2.20. The van der Waals surface area contributed by atoms with Gasteiger partial charge in [-0.25, -0.2) is 4.21 Å². The minimum atomic E-state index is -1.65. The molecule has 12 heavy (non-hydrogen) atoms. The number of methoxy groups -OCH3 is 1. The summed E-state index contributed by atoms with van der Waals surface area (Å²) in [5.74, 6) is 5.27. The van der Waals surface area contributed by atoms with Crippen LogP contribution in [-0.2, 0) is 15.4 Å². The Balaban J connectivity index is 3.04. The van der Waals surface area contributed by atoms with Gasteiger partial charge >= 0.3 is 0 Å². The van der Waals surface area contributed by atoms with Crippen LogP contribution in [0.3, 0.4) is 0 Å². The molecule has 2 N–H and O–H groups in total. The molecule has 4 nitrogen and oxygen atoms in total. The van der Waals surface area contributed by atoms with E-state index in [1.165, 1.54) is 7.11 Å².